The summed E-state index contributed by atoms with van der Waals surface area (Å²) in [4.78, 5) is 25.9. The van der Waals surface area contributed by atoms with Crippen molar-refractivity contribution in [3.05, 3.63) is 28.8 Å². The zero-order valence-electron chi connectivity index (χ0n) is 13.6. The van der Waals surface area contributed by atoms with Crippen molar-refractivity contribution in [2.45, 2.75) is 40.2 Å². The first-order chi connectivity index (χ1) is 10.3. The molecule has 1 aromatic carbocycles. The Kier molecular flexibility index (Phi) is 4.86. The van der Waals surface area contributed by atoms with Gasteiger partial charge in [-0.3, -0.25) is 9.59 Å². The Labute approximate surface area is 131 Å². The van der Waals surface area contributed by atoms with E-state index in [0.717, 1.165) is 16.7 Å². The van der Waals surface area contributed by atoms with Crippen LogP contribution in [0, 0.1) is 26.7 Å². The maximum absolute atomic E-state index is 12.2. The summed E-state index contributed by atoms with van der Waals surface area (Å²) in [6.07, 6.45) is 0.149. The number of piperidine rings is 1. The molecule has 1 aromatic rings. The molecule has 5 heteroatoms. The molecule has 2 unspecified atom stereocenters. The second kappa shape index (κ2) is 6.48. The predicted molar refractivity (Wildman–Crippen MR) is 85.7 cm³/mol. The van der Waals surface area contributed by atoms with Crippen LogP contribution in [0.3, 0.4) is 0 Å². The summed E-state index contributed by atoms with van der Waals surface area (Å²) in [6.45, 7) is 8.49. The van der Waals surface area contributed by atoms with E-state index in [1.807, 2.05) is 39.8 Å². The number of nitrogens with one attached hydrogen (secondary N) is 1. The van der Waals surface area contributed by atoms with Gasteiger partial charge in [0.2, 0.25) is 0 Å². The monoisotopic (exact) mass is 304 g/mol. The molecular weight excluding hydrogens is 280 g/mol. The number of aliphatic hydroxyl groups is 1. The Hall–Kier alpha value is -1.88. The van der Waals surface area contributed by atoms with Crippen molar-refractivity contribution in [3.8, 4) is 0 Å². The molecule has 0 aliphatic carbocycles. The van der Waals surface area contributed by atoms with E-state index in [-0.39, 0.29) is 12.5 Å². The van der Waals surface area contributed by atoms with E-state index in [2.05, 4.69) is 5.32 Å². The van der Waals surface area contributed by atoms with Gasteiger partial charge in [-0.2, -0.15) is 0 Å². The van der Waals surface area contributed by atoms with Gasteiger partial charge in [0, 0.05) is 18.8 Å². The number of rotatable bonds is 1. The normalized spacial score (nSPS) is 21.6. The third-order valence-corrected chi connectivity index (χ3v) is 4.32. The second-order valence-corrected chi connectivity index (χ2v) is 6.31. The predicted octanol–water partition coefficient (Wildman–Crippen LogP) is 1.78. The number of aryl methyl sites for hydroxylation is 3. The van der Waals surface area contributed by atoms with Gasteiger partial charge in [0.25, 0.3) is 0 Å². The number of nitrogens with zero attached hydrogens (tertiary/aromatic N) is 1. The van der Waals surface area contributed by atoms with Gasteiger partial charge in [0.1, 0.15) is 0 Å². The Morgan fingerprint density at radius 3 is 2.36 bits per heavy atom. The molecule has 1 heterocycles. The molecule has 0 spiro atoms. The third kappa shape index (κ3) is 3.47. The molecule has 0 aromatic heterocycles. The quantitative estimate of drug-likeness (QED) is 0.777. The van der Waals surface area contributed by atoms with Crippen LogP contribution in [0.5, 0.6) is 0 Å². The number of likely N-dealkylation sites (tertiary alicyclic amines) is 1. The lowest BCUT2D eigenvalue weighted by Gasteiger charge is -2.33. The van der Waals surface area contributed by atoms with Crippen LogP contribution in [0.15, 0.2) is 12.1 Å². The average molecular weight is 304 g/mol. The van der Waals surface area contributed by atoms with Gasteiger partial charge in [-0.25, -0.2) is 0 Å². The summed E-state index contributed by atoms with van der Waals surface area (Å²) in [5.41, 5.74) is 3.68. The molecule has 5 nitrogen and oxygen atoms in total. The van der Waals surface area contributed by atoms with Crippen molar-refractivity contribution < 1.29 is 14.7 Å². The Bertz CT molecular complexity index is 575. The number of benzene rings is 1. The summed E-state index contributed by atoms with van der Waals surface area (Å²) in [6, 6.07) is 3.94. The van der Waals surface area contributed by atoms with E-state index in [1.165, 1.54) is 4.90 Å². The van der Waals surface area contributed by atoms with Crippen molar-refractivity contribution in [1.82, 2.24) is 4.90 Å². The van der Waals surface area contributed by atoms with Gasteiger partial charge < -0.3 is 15.3 Å². The molecule has 0 radical (unpaired) electrons. The molecule has 22 heavy (non-hydrogen) atoms. The molecule has 0 bridgehead atoms. The minimum atomic E-state index is -0.642. The second-order valence-electron chi connectivity index (χ2n) is 6.31. The van der Waals surface area contributed by atoms with E-state index in [4.69, 9.17) is 0 Å². The van der Waals surface area contributed by atoms with E-state index >= 15 is 0 Å². The molecule has 1 aliphatic heterocycles. The van der Waals surface area contributed by atoms with Gasteiger partial charge in [0.05, 0.1) is 6.10 Å². The lowest BCUT2D eigenvalue weighted by Crippen LogP contribution is -2.49. The lowest BCUT2D eigenvalue weighted by molar-refractivity contribution is -0.146. The van der Waals surface area contributed by atoms with Gasteiger partial charge >= 0.3 is 11.8 Å². The van der Waals surface area contributed by atoms with Crippen molar-refractivity contribution in [1.29, 1.82) is 0 Å². The number of aliphatic hydroxyl groups excluding tert-OH is 1. The number of anilines is 1. The summed E-state index contributed by atoms with van der Waals surface area (Å²) in [5.74, 6) is -1.06. The van der Waals surface area contributed by atoms with Crippen LogP contribution < -0.4 is 5.32 Å². The standard InChI is InChI=1S/C17H24N2O3/c1-10-7-12(3)15(13(4)8-10)18-16(21)17(22)19-6-5-11(2)14(20)9-19/h7-8,11,14,20H,5-6,9H2,1-4H3,(H,18,21). The zero-order valence-corrected chi connectivity index (χ0v) is 13.6. The number of carbonyl (C=O) groups is 2. The van der Waals surface area contributed by atoms with Crippen molar-refractivity contribution in [2.75, 3.05) is 18.4 Å². The molecule has 2 amide bonds. The van der Waals surface area contributed by atoms with Crippen LogP contribution in [0.25, 0.3) is 0 Å². The van der Waals surface area contributed by atoms with Crippen LogP contribution in [0.1, 0.15) is 30.0 Å². The minimum absolute atomic E-state index is 0.161. The largest absolute Gasteiger partial charge is 0.391 e. The smallest absolute Gasteiger partial charge is 0.313 e. The maximum Gasteiger partial charge on any atom is 0.313 e. The molecule has 2 N–H and O–H groups in total. The fourth-order valence-electron chi connectivity index (χ4n) is 2.92. The zero-order chi connectivity index (χ0) is 16.4. The Balaban J connectivity index is 2.08. The Morgan fingerprint density at radius 2 is 1.82 bits per heavy atom. The van der Waals surface area contributed by atoms with E-state index in [1.54, 1.807) is 0 Å². The summed E-state index contributed by atoms with van der Waals surface area (Å²) in [7, 11) is 0. The fraction of sp³-hybridized carbons (Fsp3) is 0.529. The first-order valence-electron chi connectivity index (χ1n) is 7.65. The van der Waals surface area contributed by atoms with Gasteiger partial charge in [-0.15, -0.1) is 0 Å². The van der Waals surface area contributed by atoms with Crippen LogP contribution in [-0.4, -0.2) is 41.0 Å². The molecule has 1 aliphatic rings. The van der Waals surface area contributed by atoms with E-state index in [0.29, 0.717) is 18.7 Å². The summed E-state index contributed by atoms with van der Waals surface area (Å²) < 4.78 is 0. The topological polar surface area (TPSA) is 69.6 Å². The highest BCUT2D eigenvalue weighted by atomic mass is 16.3. The summed E-state index contributed by atoms with van der Waals surface area (Å²) >= 11 is 0. The van der Waals surface area contributed by atoms with Gasteiger partial charge in [-0.1, -0.05) is 24.6 Å². The van der Waals surface area contributed by atoms with Crippen molar-refractivity contribution >= 4 is 17.5 Å². The highest BCUT2D eigenvalue weighted by Crippen LogP contribution is 2.22. The fourth-order valence-corrected chi connectivity index (χ4v) is 2.92. The number of carbonyl (C=O) groups excluding carboxylic acids is 2. The first kappa shape index (κ1) is 16.5. The average Bonchev–Trinajstić information content (AvgIpc) is 2.44. The number of hydrogen-bond acceptors (Lipinski definition) is 3. The molecule has 2 rings (SSSR count). The van der Waals surface area contributed by atoms with Crippen LogP contribution in [-0.2, 0) is 9.59 Å². The lowest BCUT2D eigenvalue weighted by atomic mass is 9.96. The SMILES string of the molecule is Cc1cc(C)c(NC(=O)C(=O)N2CCC(C)C(O)C2)c(C)c1. The number of hydrogen-bond donors (Lipinski definition) is 2. The molecular formula is C17H24N2O3. The third-order valence-electron chi connectivity index (χ3n) is 4.32. The van der Waals surface area contributed by atoms with Crippen molar-refractivity contribution in [3.63, 3.8) is 0 Å². The van der Waals surface area contributed by atoms with Crippen molar-refractivity contribution in [2.24, 2.45) is 5.92 Å². The first-order valence-corrected chi connectivity index (χ1v) is 7.65. The highest BCUT2D eigenvalue weighted by molar-refractivity contribution is 6.39. The Morgan fingerprint density at radius 1 is 1.23 bits per heavy atom. The van der Waals surface area contributed by atoms with Crippen LogP contribution in [0.2, 0.25) is 0 Å². The molecule has 1 fully saturated rings. The molecule has 0 saturated carbocycles. The van der Waals surface area contributed by atoms with E-state index < -0.39 is 17.9 Å². The maximum atomic E-state index is 12.2. The van der Waals surface area contributed by atoms with Gasteiger partial charge in [-0.05, 0) is 44.2 Å². The number of amides is 2. The number of β-amino-alcohol motifs (C(OH)–C–C–N with tert-alkyl or cyclic N) is 1. The molecule has 120 valence electrons. The van der Waals surface area contributed by atoms with Crippen LogP contribution in [0.4, 0.5) is 5.69 Å². The highest BCUT2D eigenvalue weighted by Gasteiger charge is 2.30. The molecule has 1 saturated heterocycles. The van der Waals surface area contributed by atoms with Gasteiger partial charge in [0.15, 0.2) is 0 Å². The summed E-state index contributed by atoms with van der Waals surface area (Å²) in [5, 5.41) is 12.6. The minimum Gasteiger partial charge on any atom is -0.391 e. The van der Waals surface area contributed by atoms with E-state index in [9.17, 15) is 14.7 Å². The molecule has 2 atom stereocenters. The van der Waals surface area contributed by atoms with Crippen LogP contribution >= 0.6 is 0 Å².